The average Bonchev–Trinajstić information content (AvgIpc) is 3.21. The van der Waals surface area contributed by atoms with Crippen LogP contribution in [0.15, 0.2) is 41.0 Å². The number of anilines is 1. The summed E-state index contributed by atoms with van der Waals surface area (Å²) in [7, 11) is 0. The van der Waals surface area contributed by atoms with Gasteiger partial charge in [0, 0.05) is 5.56 Å². The molecule has 0 unspecified atom stereocenters. The smallest absolute Gasteiger partial charge is 0.339 e. The van der Waals surface area contributed by atoms with Crippen LogP contribution in [0, 0.1) is 0 Å². The van der Waals surface area contributed by atoms with Crippen molar-refractivity contribution >= 4 is 11.9 Å². The highest BCUT2D eigenvalue weighted by Crippen LogP contribution is 2.30. The second-order valence-electron chi connectivity index (χ2n) is 5.33. The third-order valence-corrected chi connectivity index (χ3v) is 3.87. The number of rotatable bonds is 4. The van der Waals surface area contributed by atoms with Crippen LogP contribution < -0.4 is 4.90 Å². The largest absolute Gasteiger partial charge is 0.478 e. The van der Waals surface area contributed by atoms with Crippen molar-refractivity contribution in [1.29, 1.82) is 0 Å². The Morgan fingerprint density at radius 1 is 1.26 bits per heavy atom. The van der Waals surface area contributed by atoms with Gasteiger partial charge >= 0.3 is 5.97 Å². The number of tetrazole rings is 1. The van der Waals surface area contributed by atoms with Crippen molar-refractivity contribution in [2.24, 2.45) is 0 Å². The van der Waals surface area contributed by atoms with E-state index in [1.807, 2.05) is 35.2 Å². The molecule has 0 saturated heterocycles. The Morgan fingerprint density at radius 3 is 2.87 bits per heavy atom. The van der Waals surface area contributed by atoms with Gasteiger partial charge in [0.05, 0.1) is 19.6 Å². The van der Waals surface area contributed by atoms with E-state index in [9.17, 15) is 9.90 Å². The van der Waals surface area contributed by atoms with E-state index in [0.29, 0.717) is 36.9 Å². The maximum absolute atomic E-state index is 11.2. The van der Waals surface area contributed by atoms with Crippen LogP contribution in [0.5, 0.6) is 0 Å². The summed E-state index contributed by atoms with van der Waals surface area (Å²) in [6.45, 7) is 1.42. The van der Waals surface area contributed by atoms with E-state index in [4.69, 9.17) is 4.42 Å². The number of benzene rings is 1. The minimum atomic E-state index is -0.985. The molecule has 0 atom stereocenters. The first-order valence-corrected chi connectivity index (χ1v) is 7.10. The quantitative estimate of drug-likeness (QED) is 0.780. The van der Waals surface area contributed by atoms with Crippen LogP contribution in [0.25, 0.3) is 0 Å². The molecule has 0 fully saturated rings. The Morgan fingerprint density at radius 2 is 2.09 bits per heavy atom. The van der Waals surface area contributed by atoms with Gasteiger partial charge in [-0.3, -0.25) is 0 Å². The average molecular weight is 311 g/mol. The molecule has 1 aliphatic rings. The Labute approximate surface area is 130 Å². The normalized spacial score (nSPS) is 13.3. The molecule has 0 amide bonds. The van der Waals surface area contributed by atoms with Gasteiger partial charge in [0.1, 0.15) is 17.6 Å². The number of fused-ring (bicyclic) bond motifs is 1. The van der Waals surface area contributed by atoms with Crippen LogP contribution in [0.2, 0.25) is 0 Å². The predicted molar refractivity (Wildman–Crippen MR) is 78.9 cm³/mol. The van der Waals surface area contributed by atoms with E-state index in [1.54, 1.807) is 4.68 Å². The maximum atomic E-state index is 11.2. The molecule has 8 nitrogen and oxygen atoms in total. The summed E-state index contributed by atoms with van der Waals surface area (Å²) >= 11 is 0. The van der Waals surface area contributed by atoms with Crippen LogP contribution in [0.1, 0.15) is 27.2 Å². The highest BCUT2D eigenvalue weighted by molar-refractivity contribution is 5.89. The summed E-state index contributed by atoms with van der Waals surface area (Å²) < 4.78 is 7.05. The lowest BCUT2D eigenvalue weighted by Crippen LogP contribution is -2.21. The lowest BCUT2D eigenvalue weighted by molar-refractivity contribution is 0.0695. The number of furan rings is 1. The monoisotopic (exact) mass is 311 g/mol. The Kier molecular flexibility index (Phi) is 3.07. The summed E-state index contributed by atoms with van der Waals surface area (Å²) in [5, 5.41) is 21.0. The minimum absolute atomic E-state index is 0.199. The molecule has 23 heavy (non-hydrogen) atoms. The summed E-state index contributed by atoms with van der Waals surface area (Å²) in [6, 6.07) is 9.88. The first-order chi connectivity index (χ1) is 11.2. The van der Waals surface area contributed by atoms with Gasteiger partial charge in [0.2, 0.25) is 5.95 Å². The number of carbonyl (C=O) groups is 1. The molecule has 116 valence electrons. The number of aromatic nitrogens is 4. The van der Waals surface area contributed by atoms with Crippen LogP contribution in [-0.2, 0) is 19.6 Å². The van der Waals surface area contributed by atoms with E-state index < -0.39 is 5.97 Å². The number of hydrogen-bond donors (Lipinski definition) is 1. The van der Waals surface area contributed by atoms with E-state index in [-0.39, 0.29) is 5.56 Å². The topological polar surface area (TPSA) is 97.3 Å². The minimum Gasteiger partial charge on any atom is -0.478 e. The van der Waals surface area contributed by atoms with Crippen LogP contribution >= 0.6 is 0 Å². The fourth-order valence-corrected chi connectivity index (χ4v) is 2.75. The third-order valence-electron chi connectivity index (χ3n) is 3.87. The Bertz CT molecular complexity index is 855. The van der Waals surface area contributed by atoms with E-state index in [1.165, 1.54) is 6.26 Å². The molecule has 1 N–H and O–H groups in total. The standard InChI is InChI=1S/C15H13N5O3/c21-14(22)12-9-23-13-8-19(7-11(12)13)15-16-17-18-20(15)6-10-4-2-1-3-5-10/h1-5,9H,6-8H2,(H,21,22). The number of aromatic carboxylic acids is 1. The number of hydrogen-bond acceptors (Lipinski definition) is 6. The van der Waals surface area contributed by atoms with Gasteiger partial charge in [-0.2, -0.15) is 0 Å². The van der Waals surface area contributed by atoms with Crippen molar-refractivity contribution in [3.8, 4) is 0 Å². The van der Waals surface area contributed by atoms with Crippen molar-refractivity contribution < 1.29 is 14.3 Å². The maximum Gasteiger partial charge on any atom is 0.339 e. The van der Waals surface area contributed by atoms with Crippen molar-refractivity contribution in [3.05, 3.63) is 59.0 Å². The first kappa shape index (κ1) is 13.5. The zero-order chi connectivity index (χ0) is 15.8. The SMILES string of the molecule is O=C(O)c1coc2c1CN(c1nnnn1Cc1ccccc1)C2. The van der Waals surface area contributed by atoms with Crippen molar-refractivity contribution in [2.45, 2.75) is 19.6 Å². The molecule has 8 heteroatoms. The van der Waals surface area contributed by atoms with Crippen LogP contribution in [-0.4, -0.2) is 31.3 Å². The fraction of sp³-hybridized carbons (Fsp3) is 0.200. The highest BCUT2D eigenvalue weighted by Gasteiger charge is 2.30. The third kappa shape index (κ3) is 2.33. The molecule has 3 heterocycles. The van der Waals surface area contributed by atoms with E-state index in [2.05, 4.69) is 15.5 Å². The summed E-state index contributed by atoms with van der Waals surface area (Å²) in [6.07, 6.45) is 1.29. The Hall–Kier alpha value is -3.16. The molecule has 4 rings (SSSR count). The molecule has 2 aromatic heterocycles. The molecule has 0 radical (unpaired) electrons. The molecule has 0 aliphatic carbocycles. The van der Waals surface area contributed by atoms with Crippen molar-refractivity contribution in [3.63, 3.8) is 0 Å². The van der Waals surface area contributed by atoms with Crippen molar-refractivity contribution in [1.82, 2.24) is 20.2 Å². The van der Waals surface area contributed by atoms with Gasteiger partial charge in [-0.1, -0.05) is 35.4 Å². The fourth-order valence-electron chi connectivity index (χ4n) is 2.75. The van der Waals surface area contributed by atoms with Gasteiger partial charge < -0.3 is 14.4 Å². The molecule has 0 spiro atoms. The number of carboxylic acid groups (broad SMARTS) is 1. The van der Waals surface area contributed by atoms with Gasteiger partial charge in [0.15, 0.2) is 0 Å². The van der Waals surface area contributed by atoms with Crippen LogP contribution in [0.3, 0.4) is 0 Å². The van der Waals surface area contributed by atoms with Gasteiger partial charge in [-0.15, -0.1) is 0 Å². The van der Waals surface area contributed by atoms with Gasteiger partial charge in [-0.25, -0.2) is 9.48 Å². The summed E-state index contributed by atoms with van der Waals surface area (Å²) in [5.74, 6) is 0.258. The lowest BCUT2D eigenvalue weighted by Gasteiger charge is -2.16. The number of carboxylic acids is 1. The molecule has 1 aromatic carbocycles. The number of nitrogens with zero attached hydrogens (tertiary/aromatic N) is 5. The molecular formula is C15H13N5O3. The summed E-state index contributed by atoms with van der Waals surface area (Å²) in [5.41, 5.74) is 1.97. The van der Waals surface area contributed by atoms with Gasteiger partial charge in [-0.05, 0) is 16.0 Å². The molecule has 1 aliphatic heterocycles. The predicted octanol–water partition coefficient (Wildman–Crippen LogP) is 1.53. The van der Waals surface area contributed by atoms with Gasteiger partial charge in [0.25, 0.3) is 0 Å². The first-order valence-electron chi connectivity index (χ1n) is 7.10. The summed E-state index contributed by atoms with van der Waals surface area (Å²) in [4.78, 5) is 13.1. The Balaban J connectivity index is 1.59. The van der Waals surface area contributed by atoms with E-state index in [0.717, 1.165) is 5.56 Å². The lowest BCUT2D eigenvalue weighted by atomic mass is 10.2. The molecule has 0 bridgehead atoms. The van der Waals surface area contributed by atoms with E-state index >= 15 is 0 Å². The second-order valence-corrected chi connectivity index (χ2v) is 5.33. The van der Waals surface area contributed by atoms with Crippen LogP contribution in [0.4, 0.5) is 5.95 Å². The molecule has 0 saturated carbocycles. The molecule has 3 aromatic rings. The highest BCUT2D eigenvalue weighted by atomic mass is 16.4. The zero-order valence-corrected chi connectivity index (χ0v) is 12.1. The van der Waals surface area contributed by atoms with Crippen molar-refractivity contribution in [2.75, 3.05) is 4.90 Å². The zero-order valence-electron chi connectivity index (χ0n) is 12.1. The molecular weight excluding hydrogens is 298 g/mol. The second kappa shape index (κ2) is 5.24.